The molecule has 15 heavy (non-hydrogen) atoms. The zero-order chi connectivity index (χ0) is 11.5. The molecule has 0 radical (unpaired) electrons. The number of likely N-dealkylation sites (N-methyl/N-ethyl adjacent to an activating group) is 1. The van der Waals surface area contributed by atoms with E-state index in [4.69, 9.17) is 10.5 Å². The predicted molar refractivity (Wildman–Crippen MR) is 59.5 cm³/mol. The van der Waals surface area contributed by atoms with Gasteiger partial charge in [-0.25, -0.2) is 0 Å². The van der Waals surface area contributed by atoms with Crippen molar-refractivity contribution in [3.63, 3.8) is 0 Å². The molecule has 1 aliphatic rings. The van der Waals surface area contributed by atoms with E-state index in [0.717, 1.165) is 19.4 Å². The van der Waals surface area contributed by atoms with E-state index in [1.54, 1.807) is 18.7 Å². The Hall–Kier alpha value is -0.610. The molecule has 4 heteroatoms. The summed E-state index contributed by atoms with van der Waals surface area (Å²) in [6, 6.07) is 0. The first-order chi connectivity index (χ1) is 6.95. The average Bonchev–Trinajstić information content (AvgIpc) is 2.64. The van der Waals surface area contributed by atoms with Crippen molar-refractivity contribution < 1.29 is 9.53 Å². The van der Waals surface area contributed by atoms with Crippen molar-refractivity contribution in [3.8, 4) is 0 Å². The van der Waals surface area contributed by atoms with Gasteiger partial charge in [0.25, 0.3) is 0 Å². The van der Waals surface area contributed by atoms with Crippen LogP contribution in [0.5, 0.6) is 0 Å². The summed E-state index contributed by atoms with van der Waals surface area (Å²) >= 11 is 0. The summed E-state index contributed by atoms with van der Waals surface area (Å²) in [5, 5.41) is 0. The Bertz CT molecular complexity index is 217. The van der Waals surface area contributed by atoms with Crippen molar-refractivity contribution in [2.75, 3.05) is 19.7 Å². The molecule has 1 unspecified atom stereocenters. The van der Waals surface area contributed by atoms with Crippen molar-refractivity contribution in [1.29, 1.82) is 0 Å². The average molecular weight is 214 g/mol. The van der Waals surface area contributed by atoms with Gasteiger partial charge >= 0.3 is 0 Å². The van der Waals surface area contributed by atoms with E-state index in [9.17, 15) is 4.79 Å². The van der Waals surface area contributed by atoms with E-state index in [2.05, 4.69) is 0 Å². The Kier molecular flexibility index (Phi) is 4.11. The minimum Gasteiger partial charge on any atom is -0.376 e. The van der Waals surface area contributed by atoms with Gasteiger partial charge in [0.05, 0.1) is 11.6 Å². The third-order valence-electron chi connectivity index (χ3n) is 2.67. The first kappa shape index (κ1) is 12.5. The van der Waals surface area contributed by atoms with Gasteiger partial charge in [-0.3, -0.25) is 4.79 Å². The van der Waals surface area contributed by atoms with Crippen molar-refractivity contribution >= 4 is 5.91 Å². The Morgan fingerprint density at radius 3 is 2.67 bits per heavy atom. The fourth-order valence-corrected chi connectivity index (χ4v) is 1.80. The highest BCUT2D eigenvalue weighted by Crippen LogP contribution is 2.15. The molecule has 1 rings (SSSR count). The quantitative estimate of drug-likeness (QED) is 0.751. The fraction of sp³-hybridized carbons (Fsp3) is 0.909. The van der Waals surface area contributed by atoms with E-state index < -0.39 is 5.54 Å². The molecule has 1 atom stereocenters. The van der Waals surface area contributed by atoms with Crippen LogP contribution in [0.25, 0.3) is 0 Å². The molecule has 0 aromatic carbocycles. The normalized spacial score (nSPS) is 21.7. The number of rotatable bonds is 4. The number of nitrogens with two attached hydrogens (primary N) is 1. The van der Waals surface area contributed by atoms with E-state index in [1.165, 1.54) is 0 Å². The summed E-state index contributed by atoms with van der Waals surface area (Å²) < 4.78 is 5.51. The molecule has 1 fully saturated rings. The smallest absolute Gasteiger partial charge is 0.242 e. The van der Waals surface area contributed by atoms with Crippen LogP contribution in [0.1, 0.15) is 33.6 Å². The highest BCUT2D eigenvalue weighted by molar-refractivity contribution is 5.85. The fourth-order valence-electron chi connectivity index (χ4n) is 1.80. The summed E-state index contributed by atoms with van der Waals surface area (Å²) in [6.07, 6.45) is 2.35. The monoisotopic (exact) mass is 214 g/mol. The second-order valence-electron chi connectivity index (χ2n) is 4.70. The van der Waals surface area contributed by atoms with Gasteiger partial charge in [-0.1, -0.05) is 0 Å². The molecule has 0 aromatic rings. The Labute approximate surface area is 91.8 Å². The lowest BCUT2D eigenvalue weighted by molar-refractivity contribution is -0.137. The van der Waals surface area contributed by atoms with Crippen LogP contribution >= 0.6 is 0 Å². The molecular weight excluding hydrogens is 192 g/mol. The maximum atomic E-state index is 11.9. The molecule has 0 bridgehead atoms. The van der Waals surface area contributed by atoms with Gasteiger partial charge in [-0.15, -0.1) is 0 Å². The van der Waals surface area contributed by atoms with E-state index in [-0.39, 0.29) is 12.0 Å². The van der Waals surface area contributed by atoms with Gasteiger partial charge in [-0.05, 0) is 33.6 Å². The largest absolute Gasteiger partial charge is 0.376 e. The predicted octanol–water partition coefficient (Wildman–Crippen LogP) is 0.751. The molecule has 0 aromatic heterocycles. The highest BCUT2D eigenvalue weighted by Gasteiger charge is 2.29. The maximum absolute atomic E-state index is 11.9. The third-order valence-corrected chi connectivity index (χ3v) is 2.67. The molecule has 88 valence electrons. The lowest BCUT2D eigenvalue weighted by atomic mass is 10.0. The molecule has 1 saturated heterocycles. The van der Waals surface area contributed by atoms with Crippen molar-refractivity contribution in [3.05, 3.63) is 0 Å². The van der Waals surface area contributed by atoms with Crippen molar-refractivity contribution in [2.24, 2.45) is 5.73 Å². The van der Waals surface area contributed by atoms with Gasteiger partial charge in [0.2, 0.25) is 5.91 Å². The van der Waals surface area contributed by atoms with Crippen LogP contribution in [0, 0.1) is 0 Å². The van der Waals surface area contributed by atoms with Crippen LogP contribution in [-0.2, 0) is 9.53 Å². The van der Waals surface area contributed by atoms with Gasteiger partial charge in [0.1, 0.15) is 0 Å². The van der Waals surface area contributed by atoms with Crippen LogP contribution < -0.4 is 5.73 Å². The number of carbonyl (C=O) groups is 1. The van der Waals surface area contributed by atoms with Crippen molar-refractivity contribution in [1.82, 2.24) is 4.90 Å². The summed E-state index contributed by atoms with van der Waals surface area (Å²) in [4.78, 5) is 13.7. The first-order valence-corrected chi connectivity index (χ1v) is 5.65. The second-order valence-corrected chi connectivity index (χ2v) is 4.70. The molecule has 4 nitrogen and oxygen atoms in total. The molecule has 0 aliphatic carbocycles. The second kappa shape index (κ2) is 4.94. The van der Waals surface area contributed by atoms with Gasteiger partial charge in [0.15, 0.2) is 0 Å². The van der Waals surface area contributed by atoms with Crippen LogP contribution in [0.2, 0.25) is 0 Å². The molecule has 1 heterocycles. The molecule has 2 N–H and O–H groups in total. The summed E-state index contributed by atoms with van der Waals surface area (Å²) in [6.45, 7) is 7.65. The van der Waals surface area contributed by atoms with Crippen LogP contribution in [0.15, 0.2) is 0 Å². The zero-order valence-corrected chi connectivity index (χ0v) is 9.95. The van der Waals surface area contributed by atoms with Crippen LogP contribution in [0.4, 0.5) is 0 Å². The van der Waals surface area contributed by atoms with E-state index in [0.29, 0.717) is 13.1 Å². The SMILES string of the molecule is CCN(CC1CCCO1)C(=O)C(C)(C)N. The third kappa shape index (κ3) is 3.47. The minimum atomic E-state index is -0.783. The van der Waals surface area contributed by atoms with Gasteiger partial charge < -0.3 is 15.4 Å². The Morgan fingerprint density at radius 2 is 2.27 bits per heavy atom. The lowest BCUT2D eigenvalue weighted by Gasteiger charge is -2.30. The van der Waals surface area contributed by atoms with E-state index in [1.807, 2.05) is 6.92 Å². The molecular formula is C11H22N2O2. The minimum absolute atomic E-state index is 0.000463. The summed E-state index contributed by atoms with van der Waals surface area (Å²) in [7, 11) is 0. The summed E-state index contributed by atoms with van der Waals surface area (Å²) in [5.74, 6) is 0.000463. The maximum Gasteiger partial charge on any atom is 0.242 e. The van der Waals surface area contributed by atoms with Gasteiger partial charge in [-0.2, -0.15) is 0 Å². The number of hydrogen-bond donors (Lipinski definition) is 1. The first-order valence-electron chi connectivity index (χ1n) is 5.65. The molecule has 0 spiro atoms. The van der Waals surface area contributed by atoms with E-state index >= 15 is 0 Å². The Morgan fingerprint density at radius 1 is 1.60 bits per heavy atom. The number of carbonyl (C=O) groups excluding carboxylic acids is 1. The molecule has 1 aliphatic heterocycles. The number of nitrogens with zero attached hydrogens (tertiary/aromatic N) is 1. The van der Waals surface area contributed by atoms with Crippen LogP contribution in [0.3, 0.4) is 0 Å². The molecule has 0 saturated carbocycles. The Balaban J connectivity index is 2.51. The van der Waals surface area contributed by atoms with Crippen molar-refractivity contribution in [2.45, 2.75) is 45.3 Å². The highest BCUT2D eigenvalue weighted by atomic mass is 16.5. The van der Waals surface area contributed by atoms with Gasteiger partial charge in [0, 0.05) is 19.7 Å². The zero-order valence-electron chi connectivity index (χ0n) is 9.95. The standard InChI is InChI=1S/C11H22N2O2/c1-4-13(10(14)11(2,3)12)8-9-6-5-7-15-9/h9H,4-8,12H2,1-3H3. The topological polar surface area (TPSA) is 55.6 Å². The number of amides is 1. The number of ether oxygens (including phenoxy) is 1. The lowest BCUT2D eigenvalue weighted by Crippen LogP contribution is -2.52. The number of hydrogen-bond acceptors (Lipinski definition) is 3. The van der Waals surface area contributed by atoms with Crippen LogP contribution in [-0.4, -0.2) is 42.1 Å². The summed E-state index contributed by atoms with van der Waals surface area (Å²) in [5.41, 5.74) is 5.01. The molecule has 1 amide bonds.